The Morgan fingerprint density at radius 2 is 0.606 bits per heavy atom. The van der Waals surface area contributed by atoms with Gasteiger partial charge in [0, 0.05) is 107 Å². The lowest BCUT2D eigenvalue weighted by atomic mass is 9.95. The van der Waals surface area contributed by atoms with Gasteiger partial charge >= 0.3 is 0 Å². The van der Waals surface area contributed by atoms with Gasteiger partial charge in [-0.1, -0.05) is 224 Å². The van der Waals surface area contributed by atoms with Gasteiger partial charge in [-0.05, 0) is 95.6 Å². The summed E-state index contributed by atoms with van der Waals surface area (Å²) in [6.45, 7) is 0. The molecule has 0 aliphatic rings. The first kappa shape index (κ1) is 53.7. The van der Waals surface area contributed by atoms with E-state index in [0.29, 0.717) is 34.9 Å². The summed E-state index contributed by atoms with van der Waals surface area (Å²) in [4.78, 5) is 31.6. The van der Waals surface area contributed by atoms with Crippen LogP contribution in [0.1, 0.15) is 0 Å². The molecule has 0 amide bonds. The third kappa shape index (κ3) is 8.87. The molecule has 19 rings (SSSR count). The first-order valence-corrected chi connectivity index (χ1v) is 33.0. The van der Waals surface area contributed by atoms with Gasteiger partial charge in [0.05, 0.1) is 27.8 Å². The largest absolute Gasteiger partial charge is 0.309 e. The van der Waals surface area contributed by atoms with E-state index in [9.17, 15) is 0 Å². The molecule has 0 spiro atoms. The van der Waals surface area contributed by atoms with Crippen molar-refractivity contribution in [1.82, 2.24) is 39.0 Å². The lowest BCUT2D eigenvalue weighted by molar-refractivity contribution is 1.07. The fourth-order valence-electron chi connectivity index (χ4n) is 13.9. The Kier molecular flexibility index (Phi) is 12.5. The van der Waals surface area contributed by atoms with Crippen LogP contribution in [-0.4, -0.2) is 39.0 Å². The molecule has 0 aliphatic carbocycles. The minimum absolute atomic E-state index is 0.566. The summed E-state index contributed by atoms with van der Waals surface area (Å²) in [5.74, 6) is 3.53. The van der Waals surface area contributed by atoms with Gasteiger partial charge in [0.1, 0.15) is 0 Å². The molecule has 0 aliphatic heterocycles. The molecule has 0 N–H and O–H groups in total. The summed E-state index contributed by atoms with van der Waals surface area (Å²) in [7, 11) is 0. The van der Waals surface area contributed by atoms with Crippen LogP contribution in [0, 0.1) is 0 Å². The Hall–Kier alpha value is -12.1. The second-order valence-electron chi connectivity index (χ2n) is 23.7. The Balaban J connectivity index is 0.867. The summed E-state index contributed by atoms with van der Waals surface area (Å²) in [5, 5.41) is 9.92. The number of nitrogens with zero attached hydrogens (tertiary/aromatic N) is 8. The van der Waals surface area contributed by atoms with Gasteiger partial charge in [-0.25, -0.2) is 29.9 Å². The number of fused-ring (bicyclic) bond motifs is 14. The lowest BCUT2D eigenvalue weighted by Crippen LogP contribution is -2.02. The Labute approximate surface area is 547 Å². The lowest BCUT2D eigenvalue weighted by Gasteiger charge is -2.18. The zero-order chi connectivity index (χ0) is 61.8. The van der Waals surface area contributed by atoms with E-state index in [0.717, 1.165) is 89.1 Å². The van der Waals surface area contributed by atoms with Crippen LogP contribution in [0.4, 0.5) is 0 Å². The van der Waals surface area contributed by atoms with Crippen molar-refractivity contribution in [2.45, 2.75) is 0 Å². The molecule has 0 fully saturated rings. The van der Waals surface area contributed by atoms with Gasteiger partial charge in [0.15, 0.2) is 34.9 Å². The third-order valence-corrected chi connectivity index (χ3v) is 20.6. The first-order valence-electron chi connectivity index (χ1n) is 31.4. The number of para-hydroxylation sites is 2. The van der Waals surface area contributed by atoms with Crippen LogP contribution in [0.5, 0.6) is 0 Å². The highest BCUT2D eigenvalue weighted by molar-refractivity contribution is 7.27. The van der Waals surface area contributed by atoms with E-state index >= 15 is 0 Å². The van der Waals surface area contributed by atoms with Crippen molar-refractivity contribution in [2.24, 2.45) is 0 Å². The molecular formula is C84H50N8S2. The number of thiophene rings is 2. The van der Waals surface area contributed by atoms with Crippen LogP contribution in [0.2, 0.25) is 0 Å². The van der Waals surface area contributed by atoms with Crippen molar-refractivity contribution in [3.8, 4) is 102 Å². The number of aromatic nitrogens is 8. The maximum absolute atomic E-state index is 5.37. The standard InChI is InChI=1S/C84H50N8S2/c1-5-22-51(23-6-1)79-85-80(52-24-7-2-8-25-52)88-83(87-79)57-40-43-70(92-69-37-18-14-35-66(69)76-72(92)45-42-64-62-33-16-20-39-74(62)94-78(64)76)67(50-57)56-31-21-30-55(46-56)58-47-59(84-89-81(53-26-9-3-10-27-53)86-82(90-84)54-28-11-4-12-29-54)49-60(48-58)91-68-36-17-13-34-65(68)75-71(91)44-41-63-61-32-15-19-38-73(61)93-77(63)75/h1-50H. The zero-order valence-electron chi connectivity index (χ0n) is 50.3. The first-order chi connectivity index (χ1) is 46.6. The highest BCUT2D eigenvalue weighted by Crippen LogP contribution is 2.48. The Bertz CT molecular complexity index is 6120. The molecule has 0 atom stereocenters. The van der Waals surface area contributed by atoms with E-state index < -0.39 is 0 Å². The SMILES string of the molecule is c1ccc(-c2nc(-c3ccccc3)nc(-c3cc(-c4cccc(-c5cc(-c6nc(-c7ccccc7)nc(-c7ccccc7)n6)ccc5-n5c6ccccc6c6c7sc8ccccc8c7ccc65)c4)cc(-n4c5ccccc5c5c6sc7ccccc7c6ccc54)c3)n2)cc1. The van der Waals surface area contributed by atoms with E-state index in [-0.39, 0.29) is 0 Å². The van der Waals surface area contributed by atoms with Crippen LogP contribution in [-0.2, 0) is 0 Å². The molecule has 8 nitrogen and oxygen atoms in total. The van der Waals surface area contributed by atoms with Crippen molar-refractivity contribution in [3.05, 3.63) is 303 Å². The van der Waals surface area contributed by atoms with Crippen molar-refractivity contribution in [3.63, 3.8) is 0 Å². The van der Waals surface area contributed by atoms with Crippen LogP contribution in [0.15, 0.2) is 303 Å². The second-order valence-corrected chi connectivity index (χ2v) is 25.8. The summed E-state index contributed by atoms with van der Waals surface area (Å²) in [5.41, 5.74) is 15.8. The highest BCUT2D eigenvalue weighted by Gasteiger charge is 2.24. The molecule has 0 bridgehead atoms. The molecule has 10 heteroatoms. The molecule has 0 saturated heterocycles. The number of rotatable bonds is 10. The van der Waals surface area contributed by atoms with Gasteiger partial charge in [0.2, 0.25) is 0 Å². The average Bonchev–Trinajstić information content (AvgIpc) is 1.56. The predicted molar refractivity (Wildman–Crippen MR) is 391 cm³/mol. The van der Waals surface area contributed by atoms with Crippen molar-refractivity contribution in [1.29, 1.82) is 0 Å². The fraction of sp³-hybridized carbons (Fsp3) is 0. The quantitative estimate of drug-likeness (QED) is 0.136. The van der Waals surface area contributed by atoms with Gasteiger partial charge in [0.25, 0.3) is 0 Å². The van der Waals surface area contributed by atoms with E-state index in [4.69, 9.17) is 29.9 Å². The summed E-state index contributed by atoms with van der Waals surface area (Å²) in [6, 6.07) is 108. The smallest absolute Gasteiger partial charge is 0.164 e. The normalized spacial score (nSPS) is 11.8. The number of benzene rings is 13. The molecule has 6 heterocycles. The molecule has 0 unspecified atom stereocenters. The molecule has 0 radical (unpaired) electrons. The summed E-state index contributed by atoms with van der Waals surface area (Å²) >= 11 is 3.73. The molecule has 94 heavy (non-hydrogen) atoms. The maximum atomic E-state index is 5.37. The van der Waals surface area contributed by atoms with Crippen LogP contribution in [0.3, 0.4) is 0 Å². The molecular weight excluding hydrogens is 1190 g/mol. The van der Waals surface area contributed by atoms with Crippen LogP contribution >= 0.6 is 22.7 Å². The monoisotopic (exact) mass is 1230 g/mol. The van der Waals surface area contributed by atoms with Crippen LogP contribution in [0.25, 0.3) is 186 Å². The molecule has 13 aromatic carbocycles. The molecule has 0 saturated carbocycles. The number of hydrogen-bond acceptors (Lipinski definition) is 8. The van der Waals surface area contributed by atoms with E-state index in [1.807, 2.05) is 95.5 Å². The molecule has 6 aromatic heterocycles. The van der Waals surface area contributed by atoms with Gasteiger partial charge < -0.3 is 9.13 Å². The van der Waals surface area contributed by atoms with Crippen molar-refractivity contribution < 1.29 is 0 Å². The topological polar surface area (TPSA) is 87.2 Å². The predicted octanol–water partition coefficient (Wildman–Crippen LogP) is 22.3. The van der Waals surface area contributed by atoms with Gasteiger partial charge in [-0.3, -0.25) is 0 Å². The third-order valence-electron chi connectivity index (χ3n) is 18.2. The highest BCUT2D eigenvalue weighted by atomic mass is 32.1. The van der Waals surface area contributed by atoms with Crippen LogP contribution < -0.4 is 0 Å². The van der Waals surface area contributed by atoms with E-state index in [1.54, 1.807) is 0 Å². The number of hydrogen-bond donors (Lipinski definition) is 0. The van der Waals surface area contributed by atoms with Gasteiger partial charge in [-0.15, -0.1) is 22.7 Å². The minimum Gasteiger partial charge on any atom is -0.309 e. The summed E-state index contributed by atoms with van der Waals surface area (Å²) in [6.07, 6.45) is 0. The van der Waals surface area contributed by atoms with E-state index in [1.165, 1.54) is 61.9 Å². The van der Waals surface area contributed by atoms with Crippen molar-refractivity contribution >= 4 is 107 Å². The van der Waals surface area contributed by atoms with Crippen molar-refractivity contribution in [2.75, 3.05) is 0 Å². The molecule has 19 aromatic rings. The van der Waals surface area contributed by atoms with Gasteiger partial charge in [-0.2, -0.15) is 0 Å². The Morgan fingerprint density at radius 1 is 0.223 bits per heavy atom. The van der Waals surface area contributed by atoms with E-state index in [2.05, 4.69) is 240 Å². The zero-order valence-corrected chi connectivity index (χ0v) is 51.9. The Morgan fingerprint density at radius 3 is 1.12 bits per heavy atom. The summed E-state index contributed by atoms with van der Waals surface area (Å²) < 4.78 is 9.98. The minimum atomic E-state index is 0.566. The second kappa shape index (κ2) is 21.8. The average molecular weight is 1240 g/mol. The maximum Gasteiger partial charge on any atom is 0.164 e. The fourth-order valence-corrected chi connectivity index (χ4v) is 16.4. The molecule has 438 valence electrons.